The lowest BCUT2D eigenvalue weighted by molar-refractivity contribution is -0.305. The molecule has 10 nitrogen and oxygen atoms in total. The van der Waals surface area contributed by atoms with E-state index in [9.17, 15) is 30.0 Å². The average molecular weight is 673 g/mol. The van der Waals surface area contributed by atoms with E-state index in [0.29, 0.717) is 6.42 Å². The van der Waals surface area contributed by atoms with Crippen molar-refractivity contribution >= 4 is 11.9 Å². The molecule has 0 aromatic heterocycles. The topological polar surface area (TPSA) is 152 Å². The van der Waals surface area contributed by atoms with Gasteiger partial charge in [0.25, 0.3) is 0 Å². The second-order valence-corrected chi connectivity index (χ2v) is 13.0. The molecule has 0 aromatic rings. The van der Waals surface area contributed by atoms with Crippen molar-refractivity contribution in [2.75, 3.05) is 19.8 Å². The van der Waals surface area contributed by atoms with Gasteiger partial charge in [0.15, 0.2) is 12.4 Å². The van der Waals surface area contributed by atoms with Gasteiger partial charge in [0, 0.05) is 12.8 Å². The number of esters is 2. The summed E-state index contributed by atoms with van der Waals surface area (Å²) in [5, 5.41) is 39.8. The Bertz CT molecular complexity index is 789. The summed E-state index contributed by atoms with van der Waals surface area (Å²) in [6.45, 7) is 3.34. The van der Waals surface area contributed by atoms with Crippen LogP contribution in [0.4, 0.5) is 0 Å². The van der Waals surface area contributed by atoms with E-state index in [1.807, 2.05) is 0 Å². The Morgan fingerprint density at radius 1 is 0.638 bits per heavy atom. The van der Waals surface area contributed by atoms with Gasteiger partial charge in [0.1, 0.15) is 31.0 Å². The summed E-state index contributed by atoms with van der Waals surface area (Å²) in [7, 11) is 0. The molecule has 0 radical (unpaired) electrons. The number of ether oxygens (including phenoxy) is 4. The third kappa shape index (κ3) is 21.9. The van der Waals surface area contributed by atoms with Crippen LogP contribution in [0.15, 0.2) is 12.2 Å². The molecule has 1 heterocycles. The Morgan fingerprint density at radius 2 is 1.15 bits per heavy atom. The van der Waals surface area contributed by atoms with E-state index >= 15 is 0 Å². The highest BCUT2D eigenvalue weighted by Gasteiger charge is 2.44. The van der Waals surface area contributed by atoms with Crippen molar-refractivity contribution < 1.29 is 49.0 Å². The van der Waals surface area contributed by atoms with Gasteiger partial charge >= 0.3 is 11.9 Å². The summed E-state index contributed by atoms with van der Waals surface area (Å²) in [4.78, 5) is 25.1. The number of hydrogen-bond donors (Lipinski definition) is 4. The van der Waals surface area contributed by atoms with Gasteiger partial charge in [0.05, 0.1) is 13.2 Å². The number of unbranched alkanes of at least 4 members (excludes halogenated alkanes) is 17. The molecule has 47 heavy (non-hydrogen) atoms. The summed E-state index contributed by atoms with van der Waals surface area (Å²) in [6, 6.07) is 0. The molecule has 10 heteroatoms. The highest BCUT2D eigenvalue weighted by Crippen LogP contribution is 2.22. The number of carbonyl (C=O) groups is 2. The van der Waals surface area contributed by atoms with Crippen LogP contribution in [0, 0.1) is 0 Å². The third-order valence-electron chi connectivity index (χ3n) is 8.65. The largest absolute Gasteiger partial charge is 0.462 e. The minimum absolute atomic E-state index is 0.216. The molecule has 0 amide bonds. The fourth-order valence-corrected chi connectivity index (χ4v) is 5.58. The molecule has 0 aliphatic carbocycles. The molecule has 1 rings (SSSR count). The van der Waals surface area contributed by atoms with Crippen LogP contribution in [-0.4, -0.2) is 89.0 Å². The van der Waals surface area contributed by atoms with Crippen LogP contribution in [0.1, 0.15) is 155 Å². The zero-order chi connectivity index (χ0) is 34.5. The van der Waals surface area contributed by atoms with Crippen molar-refractivity contribution in [3.63, 3.8) is 0 Å². The van der Waals surface area contributed by atoms with Crippen molar-refractivity contribution in [2.45, 2.75) is 192 Å². The van der Waals surface area contributed by atoms with Crippen LogP contribution in [0.5, 0.6) is 0 Å². The van der Waals surface area contributed by atoms with Crippen molar-refractivity contribution in [3.8, 4) is 0 Å². The van der Waals surface area contributed by atoms with Gasteiger partial charge in [0.2, 0.25) is 0 Å². The smallest absolute Gasteiger partial charge is 0.306 e. The molecule has 2 unspecified atom stereocenters. The van der Waals surface area contributed by atoms with Crippen molar-refractivity contribution in [1.29, 1.82) is 0 Å². The van der Waals surface area contributed by atoms with E-state index in [1.165, 1.54) is 64.2 Å². The van der Waals surface area contributed by atoms with Crippen LogP contribution in [0.3, 0.4) is 0 Å². The van der Waals surface area contributed by atoms with Gasteiger partial charge in [-0.1, -0.05) is 122 Å². The predicted molar refractivity (Wildman–Crippen MR) is 183 cm³/mol. The summed E-state index contributed by atoms with van der Waals surface area (Å²) < 4.78 is 22.0. The first-order chi connectivity index (χ1) is 22.8. The van der Waals surface area contributed by atoms with Gasteiger partial charge in [-0.2, -0.15) is 0 Å². The molecule has 1 fully saturated rings. The summed E-state index contributed by atoms with van der Waals surface area (Å²) in [6.07, 6.45) is 19.4. The normalized spacial score (nSPS) is 22.0. The number of aliphatic hydroxyl groups excluding tert-OH is 4. The highest BCUT2D eigenvalue weighted by molar-refractivity contribution is 5.70. The number of carbonyl (C=O) groups excluding carboxylic acids is 2. The third-order valence-corrected chi connectivity index (χ3v) is 8.65. The summed E-state index contributed by atoms with van der Waals surface area (Å²) >= 11 is 0. The summed E-state index contributed by atoms with van der Waals surface area (Å²) in [5.74, 6) is -0.817. The van der Waals surface area contributed by atoms with E-state index in [-0.39, 0.29) is 32.0 Å². The molecular formula is C37H68O10. The summed E-state index contributed by atoms with van der Waals surface area (Å²) in [5.41, 5.74) is 0. The molecule has 0 spiro atoms. The van der Waals surface area contributed by atoms with Crippen LogP contribution >= 0.6 is 0 Å². The van der Waals surface area contributed by atoms with Crippen molar-refractivity contribution in [3.05, 3.63) is 12.2 Å². The minimum Gasteiger partial charge on any atom is -0.462 e. The maximum absolute atomic E-state index is 12.6. The molecule has 4 N–H and O–H groups in total. The second-order valence-electron chi connectivity index (χ2n) is 13.0. The number of rotatable bonds is 30. The number of allylic oxidation sites excluding steroid dienone is 2. The highest BCUT2D eigenvalue weighted by atomic mass is 16.7. The van der Waals surface area contributed by atoms with E-state index in [2.05, 4.69) is 26.0 Å². The van der Waals surface area contributed by atoms with Crippen LogP contribution < -0.4 is 0 Å². The Hall–Kier alpha value is -1.56. The molecule has 276 valence electrons. The van der Waals surface area contributed by atoms with Crippen molar-refractivity contribution in [2.24, 2.45) is 0 Å². The zero-order valence-electron chi connectivity index (χ0n) is 29.5. The van der Waals surface area contributed by atoms with Gasteiger partial charge in [-0.05, 0) is 32.1 Å². The Labute approximate surface area is 284 Å². The maximum Gasteiger partial charge on any atom is 0.306 e. The molecule has 1 aliphatic rings. The molecular weight excluding hydrogens is 604 g/mol. The fourth-order valence-electron chi connectivity index (χ4n) is 5.58. The SMILES string of the molecule is CCCC/C=C/CCCCCCCC(=O)O[C@H](COC(=O)CCCCCCCCCCCCC)CO[C@@H]1O[C@H](CO)[C@H](O)C(O)C1O. The van der Waals surface area contributed by atoms with E-state index in [1.54, 1.807) is 0 Å². The lowest BCUT2D eigenvalue weighted by Crippen LogP contribution is -2.59. The number of hydrogen-bond acceptors (Lipinski definition) is 10. The Morgan fingerprint density at radius 3 is 1.72 bits per heavy atom. The average Bonchev–Trinajstić information content (AvgIpc) is 3.06. The van der Waals surface area contributed by atoms with E-state index in [4.69, 9.17) is 18.9 Å². The quantitative estimate of drug-likeness (QED) is 0.0381. The Kier molecular flexibility index (Phi) is 27.2. The zero-order valence-corrected chi connectivity index (χ0v) is 29.5. The molecule has 1 aliphatic heterocycles. The van der Waals surface area contributed by atoms with E-state index < -0.39 is 49.4 Å². The monoisotopic (exact) mass is 672 g/mol. The van der Waals surface area contributed by atoms with Crippen LogP contribution in [0.2, 0.25) is 0 Å². The van der Waals surface area contributed by atoms with E-state index in [0.717, 1.165) is 57.8 Å². The van der Waals surface area contributed by atoms with Crippen LogP contribution in [-0.2, 0) is 28.5 Å². The standard InChI is InChI=1S/C37H68O10/c1-3-5-7-9-11-13-15-17-19-21-23-25-32(39)44-28-30(29-45-37-36(43)35(42)34(41)31(27-38)47-37)46-33(40)26-24-22-20-18-16-14-12-10-8-6-4-2/h10,12,30-31,34-38,41-43H,3-9,11,13-29H2,1-2H3/b12-10+/t30-,31-,34+,35?,36?,37-/m1/s1. The number of aliphatic hydroxyl groups is 4. The predicted octanol–water partition coefficient (Wildman–Crippen LogP) is 6.44. The molecule has 1 saturated heterocycles. The first kappa shape index (κ1) is 43.5. The Balaban J connectivity index is 2.42. The minimum atomic E-state index is -1.59. The molecule has 0 saturated carbocycles. The fraction of sp³-hybridized carbons (Fsp3) is 0.892. The first-order valence-corrected chi connectivity index (χ1v) is 18.8. The van der Waals surface area contributed by atoms with Crippen LogP contribution in [0.25, 0.3) is 0 Å². The van der Waals surface area contributed by atoms with Gasteiger partial charge < -0.3 is 39.4 Å². The maximum atomic E-state index is 12.6. The molecule has 0 aromatic carbocycles. The van der Waals surface area contributed by atoms with Gasteiger partial charge in [-0.3, -0.25) is 9.59 Å². The lowest BCUT2D eigenvalue weighted by atomic mass is 9.99. The van der Waals surface area contributed by atoms with Gasteiger partial charge in [-0.25, -0.2) is 0 Å². The van der Waals surface area contributed by atoms with Gasteiger partial charge in [-0.15, -0.1) is 0 Å². The molecule has 0 bridgehead atoms. The van der Waals surface area contributed by atoms with Crippen molar-refractivity contribution in [1.82, 2.24) is 0 Å². The second kappa shape index (κ2) is 29.4. The first-order valence-electron chi connectivity index (χ1n) is 18.8. The lowest BCUT2D eigenvalue weighted by Gasteiger charge is -2.39. The molecule has 6 atom stereocenters.